The van der Waals surface area contributed by atoms with Gasteiger partial charge in [0.2, 0.25) is 11.8 Å². The van der Waals surface area contributed by atoms with E-state index in [-0.39, 0.29) is 24.7 Å². The van der Waals surface area contributed by atoms with Crippen molar-refractivity contribution >= 4 is 51.2 Å². The predicted molar refractivity (Wildman–Crippen MR) is 135 cm³/mol. The summed E-state index contributed by atoms with van der Waals surface area (Å²) in [6.45, 7) is 2.27. The number of nitrogens with zero attached hydrogens (tertiary/aromatic N) is 1. The van der Waals surface area contributed by atoms with Gasteiger partial charge < -0.3 is 10.1 Å². The van der Waals surface area contributed by atoms with Gasteiger partial charge in [0.1, 0.15) is 12.4 Å². The van der Waals surface area contributed by atoms with Gasteiger partial charge in [-0.3, -0.25) is 9.59 Å². The van der Waals surface area contributed by atoms with Crippen molar-refractivity contribution in [2.24, 2.45) is 5.10 Å². The van der Waals surface area contributed by atoms with Crippen LogP contribution in [0.15, 0.2) is 76.3 Å². The van der Waals surface area contributed by atoms with Gasteiger partial charge in [0.25, 0.3) is 0 Å². The topological polar surface area (TPSA) is 79.8 Å². The van der Waals surface area contributed by atoms with Crippen LogP contribution in [-0.2, 0) is 16.2 Å². The van der Waals surface area contributed by atoms with Crippen molar-refractivity contribution in [3.8, 4) is 5.75 Å². The molecule has 0 aliphatic rings. The van der Waals surface area contributed by atoms with Crippen molar-refractivity contribution in [3.63, 3.8) is 0 Å². The summed E-state index contributed by atoms with van der Waals surface area (Å²) in [6, 6.07) is 20.4. The van der Waals surface area contributed by atoms with Crippen LogP contribution in [0.3, 0.4) is 0 Å². The van der Waals surface area contributed by atoms with E-state index < -0.39 is 0 Å². The summed E-state index contributed by atoms with van der Waals surface area (Å²) in [5.74, 6) is -0.00679. The molecule has 6 nitrogen and oxygen atoms in total. The monoisotopic (exact) mass is 527 g/mol. The third kappa shape index (κ3) is 8.04. The van der Waals surface area contributed by atoms with Gasteiger partial charge in [-0.15, -0.1) is 0 Å². The number of hydrazone groups is 1. The Morgan fingerprint density at radius 3 is 2.52 bits per heavy atom. The van der Waals surface area contributed by atoms with Crippen LogP contribution in [-0.4, -0.2) is 18.0 Å². The molecule has 3 rings (SSSR count). The number of carbonyl (C=O) groups is 2. The fourth-order valence-corrected chi connectivity index (χ4v) is 3.41. The maximum atomic E-state index is 12.1. The van der Waals surface area contributed by atoms with Crippen LogP contribution >= 0.6 is 27.5 Å². The molecule has 0 unspecified atom stereocenters. The molecule has 3 aromatic rings. The number of carbonyl (C=O) groups excluding carboxylic acids is 2. The van der Waals surface area contributed by atoms with Crippen molar-refractivity contribution in [1.29, 1.82) is 0 Å². The molecule has 0 radical (unpaired) electrons. The second kappa shape index (κ2) is 12.2. The minimum Gasteiger partial charge on any atom is -0.488 e. The summed E-state index contributed by atoms with van der Waals surface area (Å²) < 4.78 is 6.74. The zero-order chi connectivity index (χ0) is 23.6. The van der Waals surface area contributed by atoms with Gasteiger partial charge in [0.05, 0.1) is 6.21 Å². The number of benzene rings is 3. The van der Waals surface area contributed by atoms with Crippen molar-refractivity contribution in [2.75, 3.05) is 5.32 Å². The third-order valence-corrected chi connectivity index (χ3v) is 5.48. The minimum atomic E-state index is -0.362. The van der Waals surface area contributed by atoms with E-state index in [1.807, 2.05) is 61.5 Å². The number of rotatable bonds is 9. The molecular formula is C25H23BrClN3O3. The quantitative estimate of drug-likeness (QED) is 0.270. The van der Waals surface area contributed by atoms with E-state index in [2.05, 4.69) is 31.8 Å². The number of anilines is 1. The lowest BCUT2D eigenvalue weighted by molar-refractivity contribution is -0.124. The first-order valence-corrected chi connectivity index (χ1v) is 11.4. The first-order valence-electron chi connectivity index (χ1n) is 10.2. The van der Waals surface area contributed by atoms with Crippen molar-refractivity contribution in [3.05, 3.63) is 92.9 Å². The van der Waals surface area contributed by atoms with Crippen LogP contribution in [0.5, 0.6) is 5.75 Å². The zero-order valence-electron chi connectivity index (χ0n) is 18.0. The van der Waals surface area contributed by atoms with Crippen LogP contribution in [0.25, 0.3) is 0 Å². The maximum Gasteiger partial charge on any atom is 0.240 e. The summed E-state index contributed by atoms with van der Waals surface area (Å²) in [5.41, 5.74) is 5.79. The summed E-state index contributed by atoms with van der Waals surface area (Å²) in [5, 5.41) is 7.40. The SMILES string of the molecule is Cc1ccc(NC(=O)CCC(=O)N/N=C\c2cc(Br)ccc2OCc2ccccc2Cl)cc1. The van der Waals surface area contributed by atoms with Gasteiger partial charge in [0, 0.05) is 39.2 Å². The average Bonchev–Trinajstić information content (AvgIpc) is 2.80. The summed E-state index contributed by atoms with van der Waals surface area (Å²) in [4.78, 5) is 24.1. The van der Waals surface area contributed by atoms with Gasteiger partial charge in [0.15, 0.2) is 0 Å². The van der Waals surface area contributed by atoms with E-state index in [1.54, 1.807) is 12.1 Å². The van der Waals surface area contributed by atoms with Crippen molar-refractivity contribution in [2.45, 2.75) is 26.4 Å². The molecule has 0 saturated carbocycles. The number of halogens is 2. The minimum absolute atomic E-state index is 0.0172. The number of nitrogens with one attached hydrogen (secondary N) is 2. The van der Waals surface area contributed by atoms with Crippen LogP contribution in [0.2, 0.25) is 5.02 Å². The molecule has 0 aliphatic heterocycles. The molecule has 3 aromatic carbocycles. The molecule has 0 saturated heterocycles. The third-order valence-electron chi connectivity index (χ3n) is 4.62. The Hall–Kier alpha value is -3.16. The molecule has 0 heterocycles. The molecule has 0 atom stereocenters. The van der Waals surface area contributed by atoms with E-state index >= 15 is 0 Å². The molecule has 2 N–H and O–H groups in total. The highest BCUT2D eigenvalue weighted by molar-refractivity contribution is 9.10. The summed E-state index contributed by atoms with van der Waals surface area (Å²) in [6.07, 6.45) is 1.57. The highest BCUT2D eigenvalue weighted by Gasteiger charge is 2.08. The van der Waals surface area contributed by atoms with E-state index in [0.29, 0.717) is 28.6 Å². The van der Waals surface area contributed by atoms with Crippen LogP contribution in [0.4, 0.5) is 5.69 Å². The Balaban J connectivity index is 1.51. The summed E-state index contributed by atoms with van der Waals surface area (Å²) in [7, 11) is 0. The highest BCUT2D eigenvalue weighted by atomic mass is 79.9. The number of amides is 2. The molecular weight excluding hydrogens is 506 g/mol. The van der Waals surface area contributed by atoms with E-state index in [1.165, 1.54) is 6.21 Å². The zero-order valence-corrected chi connectivity index (χ0v) is 20.3. The van der Waals surface area contributed by atoms with E-state index in [9.17, 15) is 9.59 Å². The first-order chi connectivity index (χ1) is 15.9. The number of hydrogen-bond acceptors (Lipinski definition) is 4. The molecule has 33 heavy (non-hydrogen) atoms. The van der Waals surface area contributed by atoms with E-state index in [0.717, 1.165) is 15.6 Å². The summed E-state index contributed by atoms with van der Waals surface area (Å²) >= 11 is 9.61. The van der Waals surface area contributed by atoms with Crippen molar-refractivity contribution in [1.82, 2.24) is 5.43 Å². The molecule has 8 heteroatoms. The van der Waals surface area contributed by atoms with Gasteiger partial charge in [-0.25, -0.2) is 5.43 Å². The molecule has 0 bridgehead atoms. The highest BCUT2D eigenvalue weighted by Crippen LogP contribution is 2.24. The number of aryl methyl sites for hydroxylation is 1. The van der Waals surface area contributed by atoms with E-state index in [4.69, 9.17) is 16.3 Å². The Morgan fingerprint density at radius 2 is 1.76 bits per heavy atom. The second-order valence-corrected chi connectivity index (χ2v) is 8.59. The average molecular weight is 529 g/mol. The lowest BCUT2D eigenvalue weighted by Crippen LogP contribution is -2.20. The number of ether oxygens (including phenoxy) is 1. The predicted octanol–water partition coefficient (Wildman–Crippen LogP) is 5.86. The van der Waals surface area contributed by atoms with Gasteiger partial charge in [-0.1, -0.05) is 63.4 Å². The molecule has 0 spiro atoms. The molecule has 170 valence electrons. The first kappa shape index (κ1) is 24.5. The van der Waals surface area contributed by atoms with Gasteiger partial charge >= 0.3 is 0 Å². The Labute approximate surface area is 206 Å². The Morgan fingerprint density at radius 1 is 1.03 bits per heavy atom. The molecule has 0 aliphatic carbocycles. The number of hydrogen-bond donors (Lipinski definition) is 2. The van der Waals surface area contributed by atoms with Gasteiger partial charge in [-0.2, -0.15) is 5.10 Å². The van der Waals surface area contributed by atoms with Crippen molar-refractivity contribution < 1.29 is 14.3 Å². The second-order valence-electron chi connectivity index (χ2n) is 7.27. The smallest absolute Gasteiger partial charge is 0.240 e. The fraction of sp³-hybridized carbons (Fsp3) is 0.160. The normalized spacial score (nSPS) is 10.8. The molecule has 2 amide bonds. The van der Waals surface area contributed by atoms with Crippen LogP contribution < -0.4 is 15.5 Å². The molecule has 0 fully saturated rings. The Bertz CT molecular complexity index is 1150. The maximum absolute atomic E-state index is 12.1. The van der Waals surface area contributed by atoms with Gasteiger partial charge in [-0.05, 0) is 43.3 Å². The lowest BCUT2D eigenvalue weighted by atomic mass is 10.2. The lowest BCUT2D eigenvalue weighted by Gasteiger charge is -2.10. The standard InChI is InChI=1S/C25H23BrClN3O3/c1-17-6-9-21(10-7-17)29-24(31)12-13-25(32)30-28-15-19-14-20(26)8-11-23(19)33-16-18-4-2-3-5-22(18)27/h2-11,14-15H,12-13,16H2,1H3,(H,29,31)(H,30,32)/b28-15-. The Kier molecular flexibility index (Phi) is 9.04. The molecule has 0 aromatic heterocycles. The largest absolute Gasteiger partial charge is 0.488 e. The van der Waals surface area contributed by atoms with Crippen LogP contribution in [0.1, 0.15) is 29.5 Å². The fourth-order valence-electron chi connectivity index (χ4n) is 2.84. The van der Waals surface area contributed by atoms with Crippen LogP contribution in [0, 0.1) is 6.92 Å².